The van der Waals surface area contributed by atoms with Crippen molar-refractivity contribution in [1.82, 2.24) is 20.2 Å². The maximum atomic E-state index is 14.5. The number of hydrogen-bond acceptors (Lipinski definition) is 7. The maximum Gasteiger partial charge on any atom is 0.318 e. The number of piperazine rings is 1. The van der Waals surface area contributed by atoms with Crippen LogP contribution in [0.1, 0.15) is 36.9 Å². The molecule has 4 aliphatic rings. The smallest absolute Gasteiger partial charge is 0.318 e. The Morgan fingerprint density at radius 1 is 0.973 bits per heavy atom. The van der Waals surface area contributed by atoms with Gasteiger partial charge in [0, 0.05) is 59.8 Å². The molecule has 0 spiro atoms. The number of aromatic nitrogens is 2. The minimum atomic E-state index is -0.178. The molecule has 0 aliphatic carbocycles. The largest absolute Gasteiger partial charge is 0.462 e. The first kappa shape index (κ1) is 23.2. The lowest BCUT2D eigenvalue weighted by Gasteiger charge is -2.37. The zero-order valence-corrected chi connectivity index (χ0v) is 21.5. The van der Waals surface area contributed by atoms with Crippen molar-refractivity contribution in [3.8, 4) is 6.01 Å². The zero-order chi connectivity index (χ0) is 24.9. The Morgan fingerprint density at radius 2 is 1.78 bits per heavy atom. The van der Waals surface area contributed by atoms with E-state index in [4.69, 9.17) is 14.7 Å². The summed E-state index contributed by atoms with van der Waals surface area (Å²) < 4.78 is 20.8. The van der Waals surface area contributed by atoms with Crippen molar-refractivity contribution in [3.63, 3.8) is 0 Å². The van der Waals surface area contributed by atoms with Gasteiger partial charge >= 0.3 is 6.01 Å². The lowest BCUT2D eigenvalue weighted by molar-refractivity contribution is 0.187. The summed E-state index contributed by atoms with van der Waals surface area (Å²) in [5.74, 6) is 0.879. The predicted octanol–water partition coefficient (Wildman–Crippen LogP) is 3.75. The Bertz CT molecular complexity index is 1310. The second-order valence-corrected chi connectivity index (χ2v) is 11.2. The second-order valence-electron chi connectivity index (χ2n) is 11.2. The molecule has 2 aromatic carbocycles. The van der Waals surface area contributed by atoms with Crippen LogP contribution < -0.4 is 19.9 Å². The van der Waals surface area contributed by atoms with E-state index in [-0.39, 0.29) is 5.82 Å². The first-order valence-electron chi connectivity index (χ1n) is 13.8. The first-order chi connectivity index (χ1) is 18.1. The van der Waals surface area contributed by atoms with Crippen LogP contribution >= 0.6 is 0 Å². The van der Waals surface area contributed by atoms with Crippen LogP contribution in [-0.4, -0.2) is 72.8 Å². The Morgan fingerprint density at radius 3 is 2.59 bits per heavy atom. The normalized spacial score (nSPS) is 25.6. The highest BCUT2D eigenvalue weighted by Crippen LogP contribution is 2.36. The lowest BCUT2D eigenvalue weighted by Crippen LogP contribution is -2.52. The Kier molecular flexibility index (Phi) is 5.89. The Balaban J connectivity index is 1.22. The van der Waals surface area contributed by atoms with Gasteiger partial charge in [-0.25, -0.2) is 4.39 Å². The van der Waals surface area contributed by atoms with E-state index in [0.717, 1.165) is 61.6 Å². The summed E-state index contributed by atoms with van der Waals surface area (Å²) in [6.07, 6.45) is 5.70. The molecule has 37 heavy (non-hydrogen) atoms. The van der Waals surface area contributed by atoms with Gasteiger partial charge in [0.15, 0.2) is 0 Å². The summed E-state index contributed by atoms with van der Waals surface area (Å²) in [7, 11) is 2.17. The molecule has 3 fully saturated rings. The molecule has 3 saturated heterocycles. The summed E-state index contributed by atoms with van der Waals surface area (Å²) in [5.41, 5.74) is 3.33. The number of anilines is 2. The third kappa shape index (κ3) is 4.30. The van der Waals surface area contributed by atoms with E-state index in [1.54, 1.807) is 6.07 Å². The summed E-state index contributed by atoms with van der Waals surface area (Å²) in [5, 5.41) is 5.35. The van der Waals surface area contributed by atoms with Crippen LogP contribution in [0.2, 0.25) is 0 Å². The van der Waals surface area contributed by atoms with E-state index in [2.05, 4.69) is 33.1 Å². The van der Waals surface area contributed by atoms with Crippen LogP contribution in [-0.2, 0) is 13.0 Å². The van der Waals surface area contributed by atoms with Gasteiger partial charge < -0.3 is 24.8 Å². The molecule has 5 heterocycles. The van der Waals surface area contributed by atoms with Gasteiger partial charge in [0.05, 0.1) is 12.2 Å². The highest BCUT2D eigenvalue weighted by Gasteiger charge is 2.35. The monoisotopic (exact) mass is 502 g/mol. The van der Waals surface area contributed by atoms with Crippen molar-refractivity contribution < 1.29 is 9.13 Å². The number of hydrogen-bond donors (Lipinski definition) is 1. The molecule has 1 aromatic heterocycles. The average molecular weight is 503 g/mol. The van der Waals surface area contributed by atoms with Crippen molar-refractivity contribution in [2.24, 2.45) is 0 Å². The van der Waals surface area contributed by atoms with E-state index >= 15 is 0 Å². The molecule has 1 unspecified atom stereocenters. The molecule has 7 nitrogen and oxygen atoms in total. The number of benzene rings is 2. The number of likely N-dealkylation sites (tertiary alicyclic amines) is 1. The van der Waals surface area contributed by atoms with Gasteiger partial charge in [-0.2, -0.15) is 9.97 Å². The molecular formula is C29H35FN6O. The maximum absolute atomic E-state index is 14.5. The van der Waals surface area contributed by atoms with Crippen LogP contribution in [0, 0.1) is 5.82 Å². The van der Waals surface area contributed by atoms with Gasteiger partial charge in [-0.1, -0.05) is 24.3 Å². The third-order valence-electron chi connectivity index (χ3n) is 8.80. The molecule has 0 amide bonds. The van der Waals surface area contributed by atoms with E-state index in [1.807, 2.05) is 18.2 Å². The number of halogens is 1. The number of rotatable bonds is 5. The van der Waals surface area contributed by atoms with Crippen LogP contribution in [0.3, 0.4) is 0 Å². The number of nitrogens with one attached hydrogen (secondary N) is 1. The SMILES string of the molecule is CN1CCCC1COc1nc2c(c(N3C[C@H]4CC[C@@H](C3)N4)n1)CCN(c1cccc3c(F)cccc13)C2. The number of fused-ring (bicyclic) bond motifs is 4. The Hall–Kier alpha value is -2.97. The molecule has 3 atom stereocenters. The topological polar surface area (TPSA) is 56.8 Å². The molecule has 1 N–H and O–H groups in total. The van der Waals surface area contributed by atoms with Crippen molar-refractivity contribution >= 4 is 22.3 Å². The van der Waals surface area contributed by atoms with Crippen LogP contribution in [0.4, 0.5) is 15.9 Å². The lowest BCUT2D eigenvalue weighted by atomic mass is 10.0. The van der Waals surface area contributed by atoms with Crippen LogP contribution in [0.5, 0.6) is 6.01 Å². The highest BCUT2D eigenvalue weighted by molar-refractivity contribution is 5.94. The zero-order valence-electron chi connectivity index (χ0n) is 21.5. The number of nitrogens with zero attached hydrogens (tertiary/aromatic N) is 5. The van der Waals surface area contributed by atoms with Crippen molar-refractivity contribution in [3.05, 3.63) is 53.5 Å². The fourth-order valence-electron chi connectivity index (χ4n) is 6.78. The van der Waals surface area contributed by atoms with E-state index in [1.165, 1.54) is 30.9 Å². The van der Waals surface area contributed by atoms with Crippen molar-refractivity contribution in [2.45, 2.75) is 56.8 Å². The second kappa shape index (κ2) is 9.40. The Labute approximate surface area is 217 Å². The molecule has 0 saturated carbocycles. The van der Waals surface area contributed by atoms with Gasteiger partial charge in [-0.15, -0.1) is 0 Å². The summed E-state index contributed by atoms with van der Waals surface area (Å²) in [6.45, 7) is 5.22. The van der Waals surface area contributed by atoms with E-state index in [9.17, 15) is 4.39 Å². The first-order valence-corrected chi connectivity index (χ1v) is 13.8. The molecule has 8 heteroatoms. The molecule has 4 aliphatic heterocycles. The minimum Gasteiger partial charge on any atom is -0.462 e. The van der Waals surface area contributed by atoms with Crippen LogP contribution in [0.25, 0.3) is 10.8 Å². The standard InChI is InChI=1S/C29H35FN6O/c1-34-13-4-5-21(34)18-37-29-32-26-17-35(27-9-3-6-22-23(27)7-2-8-25(22)30)14-12-24(26)28(33-29)36-15-19-10-11-20(16-36)31-19/h2-3,6-9,19-21,31H,4-5,10-18H2,1H3/t19-,20+,21?. The number of likely N-dealkylation sites (N-methyl/N-ethyl adjacent to an activating group) is 1. The summed E-state index contributed by atoms with van der Waals surface area (Å²) >= 11 is 0. The van der Waals surface area contributed by atoms with Gasteiger partial charge in [0.2, 0.25) is 0 Å². The highest BCUT2D eigenvalue weighted by atomic mass is 19.1. The summed E-state index contributed by atoms with van der Waals surface area (Å²) in [4.78, 5) is 17.2. The fraction of sp³-hybridized carbons (Fsp3) is 0.517. The predicted molar refractivity (Wildman–Crippen MR) is 144 cm³/mol. The summed E-state index contributed by atoms with van der Waals surface area (Å²) in [6, 6.07) is 13.2. The van der Waals surface area contributed by atoms with Gasteiger partial charge in [0.25, 0.3) is 0 Å². The van der Waals surface area contributed by atoms with E-state index < -0.39 is 0 Å². The third-order valence-corrected chi connectivity index (χ3v) is 8.80. The quantitative estimate of drug-likeness (QED) is 0.570. The fourth-order valence-corrected chi connectivity index (χ4v) is 6.78. The molecule has 7 rings (SSSR count). The van der Waals surface area contributed by atoms with Crippen molar-refractivity contribution in [1.29, 1.82) is 0 Å². The van der Waals surface area contributed by atoms with Gasteiger partial charge in [-0.05, 0) is 57.8 Å². The van der Waals surface area contributed by atoms with E-state index in [0.29, 0.717) is 42.7 Å². The molecule has 0 radical (unpaired) electrons. The molecule has 194 valence electrons. The van der Waals surface area contributed by atoms with Gasteiger partial charge in [-0.3, -0.25) is 0 Å². The van der Waals surface area contributed by atoms with Gasteiger partial charge in [0.1, 0.15) is 18.2 Å². The molecule has 2 bridgehead atoms. The molecule has 3 aromatic rings. The average Bonchev–Trinajstić information content (AvgIpc) is 3.49. The minimum absolute atomic E-state index is 0.178. The molecular weight excluding hydrogens is 467 g/mol. The van der Waals surface area contributed by atoms with Crippen molar-refractivity contribution in [2.75, 3.05) is 49.6 Å². The van der Waals surface area contributed by atoms with Crippen LogP contribution in [0.15, 0.2) is 36.4 Å². The number of ether oxygens (including phenoxy) is 1.